The van der Waals surface area contributed by atoms with Crippen LogP contribution in [-0.4, -0.2) is 29.1 Å². The minimum absolute atomic E-state index is 0.142. The van der Waals surface area contributed by atoms with E-state index in [1.165, 1.54) is 6.20 Å². The van der Waals surface area contributed by atoms with Crippen LogP contribution in [0.5, 0.6) is 0 Å². The number of anilines is 1. The van der Waals surface area contributed by atoms with Crippen LogP contribution < -0.4 is 16.2 Å². The van der Waals surface area contributed by atoms with Crippen molar-refractivity contribution in [3.63, 3.8) is 0 Å². The lowest BCUT2D eigenvalue weighted by Crippen LogP contribution is -2.31. The van der Waals surface area contributed by atoms with E-state index in [1.54, 1.807) is 6.20 Å². The predicted molar refractivity (Wildman–Crippen MR) is 49.7 cm³/mol. The molecular formula is C8H12N4O. The number of H-pyrrole nitrogens is 1. The molecule has 0 spiro atoms. The summed E-state index contributed by atoms with van der Waals surface area (Å²) in [5.74, 6) is 0.482. The molecule has 0 aromatic carbocycles. The van der Waals surface area contributed by atoms with Crippen LogP contribution in [0.1, 0.15) is 6.42 Å². The van der Waals surface area contributed by atoms with E-state index in [0.717, 1.165) is 19.5 Å². The fraction of sp³-hybridized carbons (Fsp3) is 0.500. The van der Waals surface area contributed by atoms with Gasteiger partial charge in [-0.3, -0.25) is 4.79 Å². The molecule has 1 aromatic heterocycles. The molecule has 0 bridgehead atoms. The van der Waals surface area contributed by atoms with Gasteiger partial charge in [-0.2, -0.15) is 0 Å². The molecule has 1 saturated heterocycles. The van der Waals surface area contributed by atoms with Crippen LogP contribution in [0.2, 0.25) is 0 Å². The molecule has 5 nitrogen and oxygen atoms in total. The first-order chi connectivity index (χ1) is 6.27. The highest BCUT2D eigenvalue weighted by Gasteiger charge is 2.21. The van der Waals surface area contributed by atoms with Crippen LogP contribution in [0, 0.1) is 0 Å². The molecule has 2 heterocycles. The average molecular weight is 180 g/mol. The van der Waals surface area contributed by atoms with Crippen molar-refractivity contribution in [2.45, 2.75) is 12.5 Å². The molecule has 0 saturated carbocycles. The van der Waals surface area contributed by atoms with Gasteiger partial charge in [0.15, 0.2) is 5.82 Å². The minimum atomic E-state index is -0.142. The van der Waals surface area contributed by atoms with Crippen molar-refractivity contribution in [3.05, 3.63) is 22.7 Å². The fourth-order valence-electron chi connectivity index (χ4n) is 1.55. The summed E-state index contributed by atoms with van der Waals surface area (Å²) in [6.07, 6.45) is 4.04. The van der Waals surface area contributed by atoms with Crippen molar-refractivity contribution in [1.82, 2.24) is 9.97 Å². The van der Waals surface area contributed by atoms with Crippen molar-refractivity contribution < 1.29 is 0 Å². The van der Waals surface area contributed by atoms with Gasteiger partial charge in [0, 0.05) is 31.5 Å². The molecular weight excluding hydrogens is 168 g/mol. The third-order valence-corrected chi connectivity index (χ3v) is 2.21. The average Bonchev–Trinajstić information content (AvgIpc) is 2.53. The van der Waals surface area contributed by atoms with Crippen molar-refractivity contribution in [1.29, 1.82) is 0 Å². The van der Waals surface area contributed by atoms with E-state index in [1.807, 2.05) is 4.90 Å². The molecule has 1 aliphatic rings. The topological polar surface area (TPSA) is 75.0 Å². The van der Waals surface area contributed by atoms with Gasteiger partial charge in [-0.1, -0.05) is 0 Å². The first-order valence-corrected chi connectivity index (χ1v) is 4.31. The second-order valence-corrected chi connectivity index (χ2v) is 3.24. The lowest BCUT2D eigenvalue weighted by Gasteiger charge is -2.14. The standard InChI is InChI=1S/C8H12N4O/c9-6-1-4-12(5-6)7-8(13)11-3-2-10-7/h2-3,6H,1,4-5,9H2,(H,11,13). The molecule has 1 fully saturated rings. The summed E-state index contributed by atoms with van der Waals surface area (Å²) >= 11 is 0. The molecule has 1 unspecified atom stereocenters. The Hall–Kier alpha value is -1.36. The van der Waals surface area contributed by atoms with Gasteiger partial charge >= 0.3 is 0 Å². The maximum atomic E-state index is 11.3. The zero-order valence-corrected chi connectivity index (χ0v) is 7.23. The summed E-state index contributed by atoms with van der Waals surface area (Å²) in [5.41, 5.74) is 5.59. The molecule has 1 aromatic rings. The quantitative estimate of drug-likeness (QED) is 0.599. The number of aromatic amines is 1. The summed E-state index contributed by atoms with van der Waals surface area (Å²) in [7, 11) is 0. The Morgan fingerprint density at radius 2 is 2.54 bits per heavy atom. The summed E-state index contributed by atoms with van der Waals surface area (Å²) < 4.78 is 0. The summed E-state index contributed by atoms with van der Waals surface area (Å²) in [5, 5.41) is 0. The highest BCUT2D eigenvalue weighted by atomic mass is 16.1. The summed E-state index contributed by atoms with van der Waals surface area (Å²) in [6.45, 7) is 1.54. The Morgan fingerprint density at radius 3 is 3.15 bits per heavy atom. The number of nitrogens with zero attached hydrogens (tertiary/aromatic N) is 2. The molecule has 0 aliphatic carbocycles. The van der Waals surface area contributed by atoms with Gasteiger partial charge in [-0.25, -0.2) is 4.98 Å². The van der Waals surface area contributed by atoms with Gasteiger partial charge in [0.2, 0.25) is 0 Å². The van der Waals surface area contributed by atoms with Crippen LogP contribution in [0.3, 0.4) is 0 Å². The van der Waals surface area contributed by atoms with Crippen molar-refractivity contribution in [2.75, 3.05) is 18.0 Å². The van der Waals surface area contributed by atoms with Crippen molar-refractivity contribution >= 4 is 5.82 Å². The summed E-state index contributed by atoms with van der Waals surface area (Å²) in [4.78, 5) is 19.8. The number of hydrogen-bond acceptors (Lipinski definition) is 4. The van der Waals surface area contributed by atoms with Gasteiger partial charge in [0.25, 0.3) is 5.56 Å². The highest BCUT2D eigenvalue weighted by molar-refractivity contribution is 5.36. The van der Waals surface area contributed by atoms with E-state index in [-0.39, 0.29) is 11.6 Å². The molecule has 3 N–H and O–H groups in total. The third kappa shape index (κ3) is 1.55. The number of nitrogens with two attached hydrogens (primary N) is 1. The first kappa shape index (κ1) is 8.25. The van der Waals surface area contributed by atoms with Crippen LogP contribution in [0.4, 0.5) is 5.82 Å². The number of rotatable bonds is 1. The van der Waals surface area contributed by atoms with Gasteiger partial charge in [-0.15, -0.1) is 0 Å². The SMILES string of the molecule is NC1CCN(c2ncc[nH]c2=O)C1. The lowest BCUT2D eigenvalue weighted by molar-refractivity contribution is 0.751. The largest absolute Gasteiger partial charge is 0.350 e. The van der Waals surface area contributed by atoms with Gasteiger partial charge in [-0.05, 0) is 6.42 Å². The Bertz CT molecular complexity index is 348. The first-order valence-electron chi connectivity index (χ1n) is 4.31. The van der Waals surface area contributed by atoms with Crippen LogP contribution in [0.15, 0.2) is 17.2 Å². The second kappa shape index (κ2) is 3.18. The van der Waals surface area contributed by atoms with E-state index in [9.17, 15) is 4.79 Å². The smallest absolute Gasteiger partial charge is 0.290 e. The Balaban J connectivity index is 2.26. The Labute approximate surface area is 75.6 Å². The van der Waals surface area contributed by atoms with Crippen molar-refractivity contribution in [3.8, 4) is 0 Å². The maximum absolute atomic E-state index is 11.3. The molecule has 1 atom stereocenters. The molecule has 1 aliphatic heterocycles. The molecule has 13 heavy (non-hydrogen) atoms. The van der Waals surface area contributed by atoms with E-state index in [2.05, 4.69) is 9.97 Å². The zero-order chi connectivity index (χ0) is 9.26. The highest BCUT2D eigenvalue weighted by Crippen LogP contribution is 2.11. The molecule has 5 heteroatoms. The summed E-state index contributed by atoms with van der Waals surface area (Å²) in [6, 6.07) is 0.168. The molecule has 0 radical (unpaired) electrons. The molecule has 70 valence electrons. The predicted octanol–water partition coefficient (Wildman–Crippen LogP) is -0.693. The van der Waals surface area contributed by atoms with E-state index in [0.29, 0.717) is 5.82 Å². The fourth-order valence-corrected chi connectivity index (χ4v) is 1.55. The van der Waals surface area contributed by atoms with Crippen LogP contribution >= 0.6 is 0 Å². The number of aromatic nitrogens is 2. The number of hydrogen-bond donors (Lipinski definition) is 2. The Morgan fingerprint density at radius 1 is 1.69 bits per heavy atom. The molecule has 2 rings (SSSR count). The minimum Gasteiger partial charge on any atom is -0.350 e. The van der Waals surface area contributed by atoms with Gasteiger partial charge < -0.3 is 15.6 Å². The van der Waals surface area contributed by atoms with E-state index < -0.39 is 0 Å². The van der Waals surface area contributed by atoms with Gasteiger partial charge in [0.1, 0.15) is 0 Å². The monoisotopic (exact) mass is 180 g/mol. The Kier molecular flexibility index (Phi) is 2.02. The molecule has 0 amide bonds. The van der Waals surface area contributed by atoms with E-state index >= 15 is 0 Å². The maximum Gasteiger partial charge on any atom is 0.290 e. The normalized spacial score (nSPS) is 22.2. The lowest BCUT2D eigenvalue weighted by atomic mass is 10.3. The van der Waals surface area contributed by atoms with Crippen LogP contribution in [-0.2, 0) is 0 Å². The third-order valence-electron chi connectivity index (χ3n) is 2.21. The van der Waals surface area contributed by atoms with Crippen LogP contribution in [0.25, 0.3) is 0 Å². The van der Waals surface area contributed by atoms with E-state index in [4.69, 9.17) is 5.73 Å². The number of nitrogens with one attached hydrogen (secondary N) is 1. The van der Waals surface area contributed by atoms with Crippen molar-refractivity contribution in [2.24, 2.45) is 5.73 Å². The zero-order valence-electron chi connectivity index (χ0n) is 7.23. The van der Waals surface area contributed by atoms with Gasteiger partial charge in [0.05, 0.1) is 0 Å². The second-order valence-electron chi connectivity index (χ2n) is 3.24.